The van der Waals surface area contributed by atoms with Crippen molar-refractivity contribution >= 4 is 15.9 Å². The molecule has 6 heteroatoms. The van der Waals surface area contributed by atoms with E-state index in [2.05, 4.69) is 15.9 Å². The summed E-state index contributed by atoms with van der Waals surface area (Å²) in [5, 5.41) is 8.77. The number of rotatable bonds is 3. The van der Waals surface area contributed by atoms with Crippen molar-refractivity contribution in [3.63, 3.8) is 0 Å². The van der Waals surface area contributed by atoms with Gasteiger partial charge in [0.1, 0.15) is 4.60 Å². The molecule has 1 heterocycles. The molecule has 80 valence electrons. The highest BCUT2D eigenvalue weighted by Gasteiger charge is 2.18. The zero-order chi connectivity index (χ0) is 10.9. The number of aliphatic hydroxyl groups excluding tert-OH is 1. The first kappa shape index (κ1) is 11.5. The maximum Gasteiger partial charge on any atom is 0.328 e. The molecule has 0 amide bonds. The highest BCUT2D eigenvalue weighted by Crippen LogP contribution is 2.21. The zero-order valence-corrected chi connectivity index (χ0v) is 9.78. The Morgan fingerprint density at radius 3 is 2.43 bits per heavy atom. The lowest BCUT2D eigenvalue weighted by molar-refractivity contribution is 0.274. The summed E-state index contributed by atoms with van der Waals surface area (Å²) < 4.78 is 3.64. The molecule has 5 nitrogen and oxygen atoms in total. The molecule has 0 radical (unpaired) electrons. The van der Waals surface area contributed by atoms with E-state index >= 15 is 0 Å². The molecule has 0 aliphatic heterocycles. The Morgan fingerprint density at radius 1 is 1.50 bits per heavy atom. The van der Waals surface area contributed by atoms with Gasteiger partial charge in [0.05, 0.1) is 5.69 Å². The average molecular weight is 264 g/mol. The third kappa shape index (κ3) is 1.77. The monoisotopic (exact) mass is 263 g/mol. The third-order valence-electron chi connectivity index (χ3n) is 2.23. The van der Waals surface area contributed by atoms with Crippen molar-refractivity contribution in [2.24, 2.45) is 19.8 Å². The topological polar surface area (TPSA) is 73.2 Å². The van der Waals surface area contributed by atoms with Gasteiger partial charge in [-0.15, -0.1) is 0 Å². The first-order valence-corrected chi connectivity index (χ1v) is 5.07. The SMILES string of the molecule is Cn1c(Br)c(C(N)CCO)n(C)c1=O. The Bertz CT molecular complexity index is 383. The lowest BCUT2D eigenvalue weighted by Gasteiger charge is -2.10. The molecule has 0 fully saturated rings. The first-order chi connectivity index (χ1) is 6.50. The van der Waals surface area contributed by atoms with Crippen molar-refractivity contribution < 1.29 is 5.11 Å². The Hall–Kier alpha value is -0.590. The van der Waals surface area contributed by atoms with Gasteiger partial charge in [0, 0.05) is 26.7 Å². The second-order valence-corrected chi connectivity index (χ2v) is 3.95. The summed E-state index contributed by atoms with van der Waals surface area (Å²) in [6.45, 7) is 0.0106. The molecule has 1 unspecified atom stereocenters. The normalized spacial score (nSPS) is 13.2. The summed E-state index contributed by atoms with van der Waals surface area (Å²) in [4.78, 5) is 11.5. The van der Waals surface area contributed by atoms with Crippen molar-refractivity contribution in [2.75, 3.05) is 6.61 Å². The van der Waals surface area contributed by atoms with E-state index in [9.17, 15) is 4.79 Å². The second-order valence-electron chi connectivity index (χ2n) is 3.20. The fourth-order valence-corrected chi connectivity index (χ4v) is 2.11. The minimum absolute atomic E-state index is 0.0106. The summed E-state index contributed by atoms with van der Waals surface area (Å²) in [5.74, 6) is 0. The molecular weight excluding hydrogens is 250 g/mol. The van der Waals surface area contributed by atoms with Gasteiger partial charge in [0.2, 0.25) is 0 Å². The van der Waals surface area contributed by atoms with Crippen LogP contribution in [-0.2, 0) is 14.1 Å². The van der Waals surface area contributed by atoms with Crippen molar-refractivity contribution in [2.45, 2.75) is 12.5 Å². The molecule has 1 rings (SSSR count). The number of aliphatic hydroxyl groups is 1. The fourth-order valence-electron chi connectivity index (χ4n) is 1.40. The lowest BCUT2D eigenvalue weighted by Crippen LogP contribution is -2.23. The van der Waals surface area contributed by atoms with E-state index in [-0.39, 0.29) is 18.3 Å². The predicted octanol–water partition coefficient (Wildman–Crippen LogP) is -0.132. The van der Waals surface area contributed by atoms with Gasteiger partial charge < -0.3 is 10.8 Å². The second kappa shape index (κ2) is 4.29. The van der Waals surface area contributed by atoms with E-state index in [0.717, 1.165) is 0 Å². The molecule has 0 saturated heterocycles. The first-order valence-electron chi connectivity index (χ1n) is 4.28. The number of hydrogen-bond acceptors (Lipinski definition) is 3. The largest absolute Gasteiger partial charge is 0.396 e. The standard InChI is InChI=1S/C8H14BrN3O2/c1-11-6(5(10)3-4-13)7(9)12(2)8(11)14/h5,13H,3-4,10H2,1-2H3. The Labute approximate surface area is 90.3 Å². The summed E-state index contributed by atoms with van der Waals surface area (Å²) >= 11 is 3.30. The number of imidazole rings is 1. The van der Waals surface area contributed by atoms with Gasteiger partial charge in [-0.3, -0.25) is 9.13 Å². The molecule has 1 atom stereocenters. The molecule has 0 aliphatic rings. The van der Waals surface area contributed by atoms with Crippen LogP contribution in [0.25, 0.3) is 0 Å². The van der Waals surface area contributed by atoms with Gasteiger partial charge in [-0.05, 0) is 22.4 Å². The van der Waals surface area contributed by atoms with Crippen molar-refractivity contribution in [3.05, 3.63) is 20.8 Å². The number of nitrogens with zero attached hydrogens (tertiary/aromatic N) is 2. The van der Waals surface area contributed by atoms with Crippen LogP contribution in [0.3, 0.4) is 0 Å². The van der Waals surface area contributed by atoms with E-state index in [1.54, 1.807) is 14.1 Å². The molecule has 0 saturated carbocycles. The minimum Gasteiger partial charge on any atom is -0.396 e. The minimum atomic E-state index is -0.326. The Kier molecular flexibility index (Phi) is 3.52. The van der Waals surface area contributed by atoms with E-state index in [1.165, 1.54) is 9.13 Å². The zero-order valence-electron chi connectivity index (χ0n) is 8.20. The summed E-state index contributed by atoms with van der Waals surface area (Å²) in [5.41, 5.74) is 6.42. The summed E-state index contributed by atoms with van der Waals surface area (Å²) in [6, 6.07) is -0.326. The Morgan fingerprint density at radius 2 is 2.07 bits per heavy atom. The van der Waals surface area contributed by atoms with Gasteiger partial charge in [0.25, 0.3) is 0 Å². The van der Waals surface area contributed by atoms with Gasteiger partial charge in [-0.25, -0.2) is 4.79 Å². The maximum absolute atomic E-state index is 11.5. The van der Waals surface area contributed by atoms with E-state index in [0.29, 0.717) is 16.7 Å². The van der Waals surface area contributed by atoms with Gasteiger partial charge in [-0.2, -0.15) is 0 Å². The van der Waals surface area contributed by atoms with Gasteiger partial charge in [-0.1, -0.05) is 0 Å². The number of halogens is 1. The highest BCUT2D eigenvalue weighted by atomic mass is 79.9. The van der Waals surface area contributed by atoms with Crippen LogP contribution in [-0.4, -0.2) is 20.8 Å². The van der Waals surface area contributed by atoms with E-state index in [1.807, 2.05) is 0 Å². The van der Waals surface area contributed by atoms with E-state index < -0.39 is 0 Å². The van der Waals surface area contributed by atoms with Gasteiger partial charge in [0.15, 0.2) is 0 Å². The van der Waals surface area contributed by atoms with Crippen molar-refractivity contribution in [3.8, 4) is 0 Å². The number of hydrogen-bond donors (Lipinski definition) is 2. The number of aromatic nitrogens is 2. The van der Waals surface area contributed by atoms with E-state index in [4.69, 9.17) is 10.8 Å². The molecule has 0 aliphatic carbocycles. The molecule has 0 bridgehead atoms. The quantitative estimate of drug-likeness (QED) is 0.798. The van der Waals surface area contributed by atoms with Gasteiger partial charge >= 0.3 is 5.69 Å². The molecule has 14 heavy (non-hydrogen) atoms. The number of nitrogens with two attached hydrogens (primary N) is 1. The third-order valence-corrected chi connectivity index (χ3v) is 3.17. The smallest absolute Gasteiger partial charge is 0.328 e. The molecule has 3 N–H and O–H groups in total. The molecular formula is C8H14BrN3O2. The van der Waals surface area contributed by atoms with Crippen LogP contribution in [0.4, 0.5) is 0 Å². The van der Waals surface area contributed by atoms with Crippen molar-refractivity contribution in [1.82, 2.24) is 9.13 Å². The lowest BCUT2D eigenvalue weighted by atomic mass is 10.2. The summed E-state index contributed by atoms with van der Waals surface area (Å²) in [7, 11) is 3.33. The van der Waals surface area contributed by atoms with Crippen LogP contribution in [0.2, 0.25) is 0 Å². The van der Waals surface area contributed by atoms with Crippen LogP contribution in [0.15, 0.2) is 9.40 Å². The Balaban J connectivity index is 3.21. The predicted molar refractivity (Wildman–Crippen MR) is 57.0 cm³/mol. The molecule has 1 aromatic rings. The van der Waals surface area contributed by atoms with Crippen molar-refractivity contribution in [1.29, 1.82) is 0 Å². The molecule has 0 aromatic carbocycles. The van der Waals surface area contributed by atoms with Crippen LogP contribution >= 0.6 is 15.9 Å². The van der Waals surface area contributed by atoms with Crippen LogP contribution < -0.4 is 11.4 Å². The van der Waals surface area contributed by atoms with Crippen LogP contribution in [0.1, 0.15) is 18.2 Å². The average Bonchev–Trinajstić information content (AvgIpc) is 2.32. The fraction of sp³-hybridized carbons (Fsp3) is 0.625. The van der Waals surface area contributed by atoms with Crippen LogP contribution in [0, 0.1) is 0 Å². The maximum atomic E-state index is 11.5. The molecule has 0 spiro atoms. The molecule has 1 aromatic heterocycles. The highest BCUT2D eigenvalue weighted by molar-refractivity contribution is 9.10. The van der Waals surface area contributed by atoms with Crippen LogP contribution in [0.5, 0.6) is 0 Å². The summed E-state index contributed by atoms with van der Waals surface area (Å²) in [6.07, 6.45) is 0.440.